The van der Waals surface area contributed by atoms with Crippen molar-refractivity contribution in [2.24, 2.45) is 12.8 Å². The first kappa shape index (κ1) is 13.7. The first-order valence-electron chi connectivity index (χ1n) is 6.63. The quantitative estimate of drug-likeness (QED) is 0.763. The predicted octanol–water partition coefficient (Wildman–Crippen LogP) is 1.72. The second kappa shape index (κ2) is 5.65. The lowest BCUT2D eigenvalue weighted by Gasteiger charge is -2.04. The summed E-state index contributed by atoms with van der Waals surface area (Å²) in [7, 11) is 1.65. The van der Waals surface area contributed by atoms with E-state index < -0.39 is 5.91 Å². The number of nitrogens with zero attached hydrogens (tertiary/aromatic N) is 4. The number of amides is 1. The van der Waals surface area contributed by atoms with Crippen molar-refractivity contribution >= 4 is 17.7 Å². The molecule has 0 radical (unpaired) electrons. The maximum Gasteiger partial charge on any atom is 0.267 e. The number of aryl methyl sites for hydroxylation is 1. The Bertz CT molecular complexity index is 812. The average molecular weight is 294 g/mol. The van der Waals surface area contributed by atoms with Gasteiger partial charge in [-0.1, -0.05) is 30.3 Å². The minimum atomic E-state index is -0.540. The summed E-state index contributed by atoms with van der Waals surface area (Å²) in [6.45, 7) is 0. The molecule has 7 nitrogen and oxygen atoms in total. The van der Waals surface area contributed by atoms with E-state index in [1.165, 1.54) is 4.68 Å². The summed E-state index contributed by atoms with van der Waals surface area (Å²) >= 11 is 0. The van der Waals surface area contributed by atoms with Crippen LogP contribution in [-0.2, 0) is 7.05 Å². The molecule has 2 aromatic heterocycles. The minimum absolute atomic E-state index is 0.307. The number of benzene rings is 1. The van der Waals surface area contributed by atoms with E-state index in [1.807, 2.05) is 36.4 Å². The minimum Gasteiger partial charge on any atom is -0.364 e. The number of rotatable bonds is 4. The van der Waals surface area contributed by atoms with Gasteiger partial charge in [-0.2, -0.15) is 5.10 Å². The molecular formula is C15H14N6O. The summed E-state index contributed by atoms with van der Waals surface area (Å²) in [6.07, 6.45) is 1.66. The Balaban J connectivity index is 1.87. The Morgan fingerprint density at radius 3 is 2.68 bits per heavy atom. The molecule has 0 saturated heterocycles. The SMILES string of the molecule is Cn1nc(Nc2nccc(-c3ccccc3)n2)cc1C(N)=O. The molecule has 2 heterocycles. The molecule has 0 aliphatic rings. The van der Waals surface area contributed by atoms with E-state index in [1.54, 1.807) is 19.3 Å². The van der Waals surface area contributed by atoms with Crippen molar-refractivity contribution < 1.29 is 4.79 Å². The van der Waals surface area contributed by atoms with Gasteiger partial charge in [0.15, 0.2) is 5.82 Å². The number of hydrogen-bond donors (Lipinski definition) is 2. The molecule has 0 saturated carbocycles. The molecule has 3 aromatic rings. The van der Waals surface area contributed by atoms with Gasteiger partial charge in [-0.25, -0.2) is 9.97 Å². The Kier molecular flexibility index (Phi) is 3.53. The fourth-order valence-corrected chi connectivity index (χ4v) is 2.06. The van der Waals surface area contributed by atoms with Gasteiger partial charge in [-0.15, -0.1) is 0 Å². The lowest BCUT2D eigenvalue weighted by Crippen LogP contribution is -2.15. The van der Waals surface area contributed by atoms with Crippen LogP contribution in [0.4, 0.5) is 11.8 Å². The van der Waals surface area contributed by atoms with Crippen LogP contribution in [0.25, 0.3) is 11.3 Å². The zero-order valence-corrected chi connectivity index (χ0v) is 11.9. The number of nitrogens with one attached hydrogen (secondary N) is 1. The van der Waals surface area contributed by atoms with E-state index in [4.69, 9.17) is 5.73 Å². The van der Waals surface area contributed by atoms with Crippen LogP contribution in [0.1, 0.15) is 10.5 Å². The van der Waals surface area contributed by atoms with Crippen LogP contribution < -0.4 is 11.1 Å². The van der Waals surface area contributed by atoms with Gasteiger partial charge in [0.05, 0.1) is 5.69 Å². The Labute approximate surface area is 126 Å². The molecule has 7 heteroatoms. The van der Waals surface area contributed by atoms with Crippen molar-refractivity contribution in [1.82, 2.24) is 19.7 Å². The van der Waals surface area contributed by atoms with Gasteiger partial charge in [0.1, 0.15) is 5.69 Å². The molecule has 3 N–H and O–H groups in total. The van der Waals surface area contributed by atoms with E-state index in [-0.39, 0.29) is 0 Å². The zero-order chi connectivity index (χ0) is 15.5. The first-order valence-corrected chi connectivity index (χ1v) is 6.63. The Morgan fingerprint density at radius 2 is 2.00 bits per heavy atom. The fourth-order valence-electron chi connectivity index (χ4n) is 2.06. The van der Waals surface area contributed by atoms with Gasteiger partial charge >= 0.3 is 0 Å². The normalized spacial score (nSPS) is 10.4. The van der Waals surface area contributed by atoms with E-state index in [2.05, 4.69) is 20.4 Å². The van der Waals surface area contributed by atoms with Gasteiger partial charge in [0.2, 0.25) is 5.95 Å². The third kappa shape index (κ3) is 2.78. The maximum absolute atomic E-state index is 11.2. The highest BCUT2D eigenvalue weighted by atomic mass is 16.1. The monoisotopic (exact) mass is 294 g/mol. The third-order valence-electron chi connectivity index (χ3n) is 3.10. The fraction of sp³-hybridized carbons (Fsp3) is 0.0667. The molecule has 1 aromatic carbocycles. The van der Waals surface area contributed by atoms with E-state index in [9.17, 15) is 4.79 Å². The maximum atomic E-state index is 11.2. The summed E-state index contributed by atoms with van der Waals surface area (Å²) in [5, 5.41) is 7.12. The number of carbonyl (C=O) groups is 1. The molecule has 22 heavy (non-hydrogen) atoms. The van der Waals surface area contributed by atoms with Crippen molar-refractivity contribution in [3.8, 4) is 11.3 Å². The molecule has 0 aliphatic heterocycles. The number of hydrogen-bond acceptors (Lipinski definition) is 5. The van der Waals surface area contributed by atoms with E-state index in [0.717, 1.165) is 11.3 Å². The standard InChI is InChI=1S/C15H14N6O/c1-21-12(14(16)22)9-13(20-21)19-15-17-8-7-11(18-15)10-5-3-2-4-6-10/h2-9H,1H3,(H2,16,22)(H,17,18,19,20). The van der Waals surface area contributed by atoms with Crippen LogP contribution in [0.3, 0.4) is 0 Å². The highest BCUT2D eigenvalue weighted by molar-refractivity contribution is 5.92. The van der Waals surface area contributed by atoms with E-state index in [0.29, 0.717) is 17.5 Å². The predicted molar refractivity (Wildman–Crippen MR) is 82.5 cm³/mol. The number of aromatic nitrogens is 4. The topological polar surface area (TPSA) is 98.7 Å². The molecule has 0 aliphatic carbocycles. The second-order valence-corrected chi connectivity index (χ2v) is 4.66. The summed E-state index contributed by atoms with van der Waals surface area (Å²) < 4.78 is 1.41. The van der Waals surface area contributed by atoms with Gasteiger partial charge in [0, 0.05) is 24.9 Å². The Morgan fingerprint density at radius 1 is 1.23 bits per heavy atom. The molecule has 3 rings (SSSR count). The van der Waals surface area contributed by atoms with Crippen LogP contribution in [0.15, 0.2) is 48.7 Å². The van der Waals surface area contributed by atoms with Gasteiger partial charge in [-0.05, 0) is 6.07 Å². The first-order chi connectivity index (χ1) is 10.6. The third-order valence-corrected chi connectivity index (χ3v) is 3.10. The number of carbonyl (C=O) groups excluding carboxylic acids is 1. The highest BCUT2D eigenvalue weighted by Gasteiger charge is 2.11. The van der Waals surface area contributed by atoms with Gasteiger partial charge in [-0.3, -0.25) is 9.48 Å². The van der Waals surface area contributed by atoms with Crippen LogP contribution in [0.5, 0.6) is 0 Å². The van der Waals surface area contributed by atoms with Crippen LogP contribution in [0, 0.1) is 0 Å². The smallest absolute Gasteiger partial charge is 0.267 e. The summed E-state index contributed by atoms with van der Waals surface area (Å²) in [5.74, 6) is 0.319. The zero-order valence-electron chi connectivity index (χ0n) is 11.9. The lowest BCUT2D eigenvalue weighted by atomic mass is 10.1. The largest absolute Gasteiger partial charge is 0.364 e. The molecule has 0 atom stereocenters. The van der Waals surface area contributed by atoms with Crippen LogP contribution >= 0.6 is 0 Å². The molecule has 1 amide bonds. The molecule has 0 bridgehead atoms. The number of primary amides is 1. The van der Waals surface area contributed by atoms with Gasteiger partial charge in [0.25, 0.3) is 5.91 Å². The second-order valence-electron chi connectivity index (χ2n) is 4.66. The van der Waals surface area contributed by atoms with Crippen molar-refractivity contribution in [1.29, 1.82) is 0 Å². The summed E-state index contributed by atoms with van der Waals surface area (Å²) in [4.78, 5) is 19.8. The van der Waals surface area contributed by atoms with Crippen LogP contribution in [-0.4, -0.2) is 25.7 Å². The molecule has 110 valence electrons. The van der Waals surface area contributed by atoms with Crippen molar-refractivity contribution in [3.05, 3.63) is 54.4 Å². The number of anilines is 2. The van der Waals surface area contributed by atoms with Crippen molar-refractivity contribution in [2.75, 3.05) is 5.32 Å². The number of nitrogens with two attached hydrogens (primary N) is 1. The van der Waals surface area contributed by atoms with Gasteiger partial charge < -0.3 is 11.1 Å². The lowest BCUT2D eigenvalue weighted by molar-refractivity contribution is 0.0991. The Hall–Kier alpha value is -3.22. The molecule has 0 fully saturated rings. The van der Waals surface area contributed by atoms with E-state index >= 15 is 0 Å². The van der Waals surface area contributed by atoms with Crippen molar-refractivity contribution in [3.63, 3.8) is 0 Å². The highest BCUT2D eigenvalue weighted by Crippen LogP contribution is 2.18. The van der Waals surface area contributed by atoms with Crippen molar-refractivity contribution in [2.45, 2.75) is 0 Å². The summed E-state index contributed by atoms with van der Waals surface area (Å²) in [6, 6.07) is 13.2. The molecular weight excluding hydrogens is 280 g/mol. The summed E-state index contributed by atoms with van der Waals surface area (Å²) in [5.41, 5.74) is 7.36. The average Bonchev–Trinajstić information content (AvgIpc) is 2.89. The van der Waals surface area contributed by atoms with Crippen LogP contribution in [0.2, 0.25) is 0 Å². The molecule has 0 spiro atoms. The molecule has 0 unspecified atom stereocenters.